The summed E-state index contributed by atoms with van der Waals surface area (Å²) in [4.78, 5) is 0.419. The van der Waals surface area contributed by atoms with Crippen molar-refractivity contribution in [1.29, 1.82) is 0 Å². The van der Waals surface area contributed by atoms with Gasteiger partial charge < -0.3 is 0 Å². The first-order chi connectivity index (χ1) is 9.48. The van der Waals surface area contributed by atoms with Crippen LogP contribution in [0.15, 0.2) is 70.7 Å². The van der Waals surface area contributed by atoms with Gasteiger partial charge in [-0.1, -0.05) is 60.3 Å². The zero-order valence-corrected chi connectivity index (χ0v) is 11.0. The van der Waals surface area contributed by atoms with E-state index in [0.717, 1.165) is 0 Å². The average molecular weight is 298 g/mol. The second-order valence-corrected chi connectivity index (χ2v) is 4.96. The Morgan fingerprint density at radius 2 is 1.30 bits per heavy atom. The molecule has 0 aliphatic rings. The third-order valence-corrected chi connectivity index (χ3v) is 3.38. The molecule has 2 aromatic carbocycles. The number of allylic oxidation sites excluding steroid dienone is 1. The summed E-state index contributed by atoms with van der Waals surface area (Å²) in [5.41, 5.74) is -1.42. The highest BCUT2D eigenvalue weighted by atomic mass is 32.2. The largest absolute Gasteiger partial charge is 0.420 e. The minimum absolute atomic E-state index is 0.180. The summed E-state index contributed by atoms with van der Waals surface area (Å²) in [6.45, 7) is 0. The molecule has 0 aliphatic carbocycles. The normalized spacial score (nSPS) is 13.0. The Labute approximate surface area is 118 Å². The first-order valence-corrected chi connectivity index (χ1v) is 6.55. The van der Waals surface area contributed by atoms with Gasteiger partial charge in [0.15, 0.2) is 5.16 Å². The van der Waals surface area contributed by atoms with Crippen molar-refractivity contribution in [2.45, 2.75) is 11.1 Å². The van der Waals surface area contributed by atoms with Crippen molar-refractivity contribution in [2.24, 2.45) is 0 Å². The van der Waals surface area contributed by atoms with Gasteiger partial charge in [-0.3, -0.25) is 0 Å². The maximum absolute atomic E-state index is 14.1. The molecule has 0 atom stereocenters. The monoisotopic (exact) mass is 298 g/mol. The minimum Gasteiger partial charge on any atom is -0.198 e. The standard InChI is InChI=1S/C15H10F4S/c16-14(20-12-9-5-2-6-10-12)13(15(17,18)19)11-7-3-1-4-8-11/h1-10H/b14-13+. The number of halogens is 4. The van der Waals surface area contributed by atoms with E-state index in [4.69, 9.17) is 0 Å². The van der Waals surface area contributed by atoms with E-state index in [1.807, 2.05) is 0 Å². The summed E-state index contributed by atoms with van der Waals surface area (Å²) in [6, 6.07) is 15.1. The van der Waals surface area contributed by atoms with Crippen LogP contribution in [0, 0.1) is 0 Å². The van der Waals surface area contributed by atoms with Crippen molar-refractivity contribution >= 4 is 17.3 Å². The van der Waals surface area contributed by atoms with Crippen LogP contribution >= 0.6 is 11.8 Å². The summed E-state index contributed by atoms with van der Waals surface area (Å²) in [5.74, 6) is 0. The van der Waals surface area contributed by atoms with Crippen LogP contribution in [0.25, 0.3) is 5.57 Å². The fourth-order valence-corrected chi connectivity index (χ4v) is 2.47. The van der Waals surface area contributed by atoms with Gasteiger partial charge in [0.2, 0.25) is 0 Å². The second kappa shape index (κ2) is 6.13. The predicted octanol–water partition coefficient (Wildman–Crippen LogP) is 5.68. The van der Waals surface area contributed by atoms with Crippen LogP contribution in [0.4, 0.5) is 17.6 Å². The molecule has 0 amide bonds. The van der Waals surface area contributed by atoms with Gasteiger partial charge in [0.1, 0.15) is 5.57 Å². The Kier molecular flexibility index (Phi) is 4.49. The highest BCUT2D eigenvalue weighted by molar-refractivity contribution is 8.03. The van der Waals surface area contributed by atoms with Crippen LogP contribution in [0.5, 0.6) is 0 Å². The van der Waals surface area contributed by atoms with Crippen LogP contribution in [0.3, 0.4) is 0 Å². The van der Waals surface area contributed by atoms with Crippen molar-refractivity contribution in [1.82, 2.24) is 0 Å². The van der Waals surface area contributed by atoms with E-state index < -0.39 is 16.9 Å². The number of alkyl halides is 3. The van der Waals surface area contributed by atoms with Crippen molar-refractivity contribution in [3.05, 3.63) is 71.4 Å². The van der Waals surface area contributed by atoms with Gasteiger partial charge in [0, 0.05) is 4.90 Å². The Hall–Kier alpha value is -1.75. The lowest BCUT2D eigenvalue weighted by molar-refractivity contribution is -0.0696. The van der Waals surface area contributed by atoms with E-state index in [1.54, 1.807) is 36.4 Å². The molecule has 20 heavy (non-hydrogen) atoms. The summed E-state index contributed by atoms with van der Waals surface area (Å²) in [5, 5.41) is -1.25. The lowest BCUT2D eigenvalue weighted by atomic mass is 10.1. The fourth-order valence-electron chi connectivity index (χ4n) is 1.64. The highest BCUT2D eigenvalue weighted by Crippen LogP contribution is 2.42. The molecule has 0 bridgehead atoms. The van der Waals surface area contributed by atoms with Crippen LogP contribution in [-0.4, -0.2) is 6.18 Å². The van der Waals surface area contributed by atoms with E-state index >= 15 is 0 Å². The summed E-state index contributed by atoms with van der Waals surface area (Å²) in [6.07, 6.45) is -4.74. The molecule has 0 spiro atoms. The zero-order valence-electron chi connectivity index (χ0n) is 10.2. The molecule has 0 aromatic heterocycles. The summed E-state index contributed by atoms with van der Waals surface area (Å²) in [7, 11) is 0. The van der Waals surface area contributed by atoms with Crippen molar-refractivity contribution < 1.29 is 17.6 Å². The summed E-state index contributed by atoms with van der Waals surface area (Å²) >= 11 is 0.466. The smallest absolute Gasteiger partial charge is 0.198 e. The van der Waals surface area contributed by atoms with Crippen LogP contribution < -0.4 is 0 Å². The Bertz CT molecular complexity index is 588. The maximum atomic E-state index is 14.1. The minimum atomic E-state index is -4.74. The van der Waals surface area contributed by atoms with Gasteiger partial charge in [-0.2, -0.15) is 17.6 Å². The first kappa shape index (κ1) is 14.7. The maximum Gasteiger partial charge on any atom is 0.420 e. The predicted molar refractivity (Wildman–Crippen MR) is 72.8 cm³/mol. The lowest BCUT2D eigenvalue weighted by Crippen LogP contribution is -2.11. The molecule has 0 saturated carbocycles. The van der Waals surface area contributed by atoms with Crippen molar-refractivity contribution in [2.75, 3.05) is 0 Å². The van der Waals surface area contributed by atoms with Gasteiger partial charge >= 0.3 is 6.18 Å². The van der Waals surface area contributed by atoms with Gasteiger partial charge in [-0.05, 0) is 17.7 Å². The number of hydrogen-bond donors (Lipinski definition) is 0. The Balaban J connectivity index is 2.43. The number of thioether (sulfide) groups is 1. The molecule has 0 aliphatic heterocycles. The van der Waals surface area contributed by atoms with E-state index in [9.17, 15) is 17.6 Å². The second-order valence-electron chi connectivity index (χ2n) is 3.93. The van der Waals surface area contributed by atoms with Crippen LogP contribution in [0.2, 0.25) is 0 Å². The van der Waals surface area contributed by atoms with E-state index in [1.165, 1.54) is 24.3 Å². The lowest BCUT2D eigenvalue weighted by Gasteiger charge is -2.13. The van der Waals surface area contributed by atoms with E-state index in [0.29, 0.717) is 16.7 Å². The summed E-state index contributed by atoms with van der Waals surface area (Å²) < 4.78 is 53.2. The molecule has 2 aromatic rings. The van der Waals surface area contributed by atoms with Gasteiger partial charge in [-0.25, -0.2) is 0 Å². The van der Waals surface area contributed by atoms with Crippen molar-refractivity contribution in [3.8, 4) is 0 Å². The third-order valence-electron chi connectivity index (χ3n) is 2.49. The Morgan fingerprint density at radius 3 is 1.80 bits per heavy atom. The highest BCUT2D eigenvalue weighted by Gasteiger charge is 2.38. The molecular formula is C15H10F4S. The molecule has 0 saturated heterocycles. The van der Waals surface area contributed by atoms with Crippen LogP contribution in [0.1, 0.15) is 5.56 Å². The molecule has 0 heterocycles. The molecular weight excluding hydrogens is 288 g/mol. The SMILES string of the molecule is F/C(Sc1ccccc1)=C(/c1ccccc1)C(F)(F)F. The topological polar surface area (TPSA) is 0 Å². The van der Waals surface area contributed by atoms with E-state index in [2.05, 4.69) is 0 Å². The fraction of sp³-hybridized carbons (Fsp3) is 0.0667. The number of rotatable bonds is 3. The molecule has 0 unspecified atom stereocenters. The molecule has 5 heteroatoms. The van der Waals surface area contributed by atoms with Crippen molar-refractivity contribution in [3.63, 3.8) is 0 Å². The molecule has 0 N–H and O–H groups in total. The molecule has 2 rings (SSSR count). The Morgan fingerprint density at radius 1 is 0.800 bits per heavy atom. The molecule has 0 fully saturated rings. The van der Waals surface area contributed by atoms with Gasteiger partial charge in [-0.15, -0.1) is 0 Å². The quantitative estimate of drug-likeness (QED) is 0.519. The average Bonchev–Trinajstić information content (AvgIpc) is 2.39. The third kappa shape index (κ3) is 3.63. The van der Waals surface area contributed by atoms with E-state index in [-0.39, 0.29) is 5.56 Å². The number of hydrogen-bond acceptors (Lipinski definition) is 1. The first-order valence-electron chi connectivity index (χ1n) is 5.74. The number of benzene rings is 2. The molecule has 104 valence electrons. The van der Waals surface area contributed by atoms with Crippen LogP contribution in [-0.2, 0) is 0 Å². The molecule has 0 radical (unpaired) electrons. The zero-order chi connectivity index (χ0) is 14.6. The molecule has 0 nitrogen and oxygen atoms in total. The van der Waals surface area contributed by atoms with Gasteiger partial charge in [0.05, 0.1) is 0 Å². The van der Waals surface area contributed by atoms with Gasteiger partial charge in [0.25, 0.3) is 0 Å².